The van der Waals surface area contributed by atoms with E-state index in [1.807, 2.05) is 33.9 Å². The summed E-state index contributed by atoms with van der Waals surface area (Å²) in [5.41, 5.74) is 2.50. The van der Waals surface area contributed by atoms with E-state index >= 15 is 0 Å². The molecule has 0 spiro atoms. The molecule has 2 aromatic heterocycles. The van der Waals surface area contributed by atoms with Crippen molar-refractivity contribution in [3.05, 3.63) is 39.8 Å². The van der Waals surface area contributed by atoms with Gasteiger partial charge in [-0.1, -0.05) is 62.9 Å². The van der Waals surface area contributed by atoms with Gasteiger partial charge in [0.05, 0.1) is 9.10 Å². The van der Waals surface area contributed by atoms with Crippen LogP contribution in [0.5, 0.6) is 0 Å². The maximum absolute atomic E-state index is 5.36. The molecule has 0 amide bonds. The minimum atomic E-state index is 0.425. The molecule has 0 unspecified atom stereocenters. The van der Waals surface area contributed by atoms with E-state index in [0.29, 0.717) is 4.58 Å². The van der Waals surface area contributed by atoms with Gasteiger partial charge in [-0.15, -0.1) is 11.8 Å². The van der Waals surface area contributed by atoms with Crippen molar-refractivity contribution in [2.75, 3.05) is 0 Å². The first-order valence-corrected chi connectivity index (χ1v) is 9.67. The molecule has 1 N–H and O–H groups in total. The van der Waals surface area contributed by atoms with Crippen molar-refractivity contribution in [1.29, 1.82) is 0 Å². The van der Waals surface area contributed by atoms with Gasteiger partial charge >= 0.3 is 0 Å². The molecule has 4 rings (SSSR count). The van der Waals surface area contributed by atoms with Crippen molar-refractivity contribution < 1.29 is 0 Å². The van der Waals surface area contributed by atoms with E-state index in [1.54, 1.807) is 10.3 Å². The minimum Gasteiger partial charge on any atom is -0.357 e. The monoisotopic (exact) mass is 325 g/mol. The van der Waals surface area contributed by atoms with Gasteiger partial charge < -0.3 is 4.98 Å². The highest BCUT2D eigenvalue weighted by atomic mass is 32.9. The summed E-state index contributed by atoms with van der Waals surface area (Å²) in [6.07, 6.45) is 0. The second-order valence-electron chi connectivity index (χ2n) is 3.95. The minimum absolute atomic E-state index is 0.425. The molecule has 3 heterocycles. The van der Waals surface area contributed by atoms with Crippen molar-refractivity contribution in [2.24, 2.45) is 0 Å². The fourth-order valence-electron chi connectivity index (χ4n) is 1.98. The summed E-state index contributed by atoms with van der Waals surface area (Å²) in [6, 6.07) is 10.7. The van der Waals surface area contributed by atoms with Crippen LogP contribution in [-0.2, 0) is 0 Å². The third kappa shape index (κ3) is 1.78. The van der Waals surface area contributed by atoms with Crippen LogP contribution in [0.1, 0.15) is 10.3 Å². The lowest BCUT2D eigenvalue weighted by molar-refractivity contribution is 1.25. The van der Waals surface area contributed by atoms with Gasteiger partial charge in [-0.05, 0) is 17.5 Å². The van der Waals surface area contributed by atoms with Crippen molar-refractivity contribution in [3.8, 4) is 0 Å². The topological polar surface area (TPSA) is 15.8 Å². The molecule has 0 saturated carbocycles. The predicted molar refractivity (Wildman–Crippen MR) is 85.8 cm³/mol. The summed E-state index contributed by atoms with van der Waals surface area (Å²) in [6.45, 7) is 0. The fraction of sp³-hybridized carbons (Fsp3) is 0.0833. The SMILES string of the molecule is S=c1ssc2c1S[C@@H](c1cc3ccccc3[nH]1)S2. The number of benzene rings is 1. The van der Waals surface area contributed by atoms with Gasteiger partial charge in [0, 0.05) is 11.2 Å². The van der Waals surface area contributed by atoms with Crippen molar-refractivity contribution in [1.82, 2.24) is 4.98 Å². The number of aromatic amines is 1. The molecule has 0 fully saturated rings. The first kappa shape index (κ1) is 11.5. The van der Waals surface area contributed by atoms with Crippen LogP contribution in [-0.4, -0.2) is 4.98 Å². The Morgan fingerprint density at radius 2 is 2.00 bits per heavy atom. The molecule has 1 aliphatic rings. The van der Waals surface area contributed by atoms with Crippen LogP contribution in [0.3, 0.4) is 0 Å². The predicted octanol–water partition coefficient (Wildman–Crippen LogP) is 5.92. The van der Waals surface area contributed by atoms with E-state index in [4.69, 9.17) is 12.2 Å². The second-order valence-corrected chi connectivity index (χ2v) is 9.55. The Hall–Kier alpha value is -0.270. The average Bonchev–Trinajstić information content (AvgIpc) is 3.04. The fourth-order valence-corrected chi connectivity index (χ4v) is 8.77. The molecule has 1 aliphatic heterocycles. The van der Waals surface area contributed by atoms with Crippen LogP contribution >= 0.6 is 56.4 Å². The maximum atomic E-state index is 5.36. The number of para-hydroxylation sites is 1. The van der Waals surface area contributed by atoms with Gasteiger partial charge in [0.25, 0.3) is 0 Å². The number of thioether (sulfide) groups is 2. The van der Waals surface area contributed by atoms with E-state index in [0.717, 1.165) is 3.82 Å². The Morgan fingerprint density at radius 3 is 2.83 bits per heavy atom. The van der Waals surface area contributed by atoms with Crippen LogP contribution in [0.25, 0.3) is 10.9 Å². The third-order valence-electron chi connectivity index (χ3n) is 2.81. The Kier molecular flexibility index (Phi) is 2.81. The number of hydrogen-bond donors (Lipinski definition) is 1. The number of fused-ring (bicyclic) bond motifs is 2. The molecule has 0 aliphatic carbocycles. The highest BCUT2D eigenvalue weighted by Gasteiger charge is 2.28. The summed E-state index contributed by atoms with van der Waals surface area (Å²) in [4.78, 5) is 4.83. The molecule has 0 bridgehead atoms. The van der Waals surface area contributed by atoms with Gasteiger partial charge in [-0.25, -0.2) is 0 Å². The molecule has 1 nitrogen and oxygen atoms in total. The molecule has 18 heavy (non-hydrogen) atoms. The molecule has 90 valence electrons. The zero-order chi connectivity index (χ0) is 12.1. The number of rotatable bonds is 1. The smallest absolute Gasteiger partial charge is 0.116 e. The van der Waals surface area contributed by atoms with Gasteiger partial charge in [0.1, 0.15) is 8.41 Å². The summed E-state index contributed by atoms with van der Waals surface area (Å²) in [5.74, 6) is 0. The van der Waals surface area contributed by atoms with Gasteiger partial charge in [0.15, 0.2) is 0 Å². The first-order valence-electron chi connectivity index (χ1n) is 5.35. The van der Waals surface area contributed by atoms with Gasteiger partial charge in [0.2, 0.25) is 0 Å². The Morgan fingerprint density at radius 1 is 1.11 bits per heavy atom. The van der Waals surface area contributed by atoms with Crippen LogP contribution in [0, 0.1) is 3.82 Å². The highest BCUT2D eigenvalue weighted by molar-refractivity contribution is 8.20. The molecule has 6 heteroatoms. The molecule has 0 saturated heterocycles. The summed E-state index contributed by atoms with van der Waals surface area (Å²) in [7, 11) is 3.52. The third-order valence-corrected chi connectivity index (χ3v) is 9.57. The second kappa shape index (κ2) is 4.38. The largest absolute Gasteiger partial charge is 0.357 e. The number of H-pyrrole nitrogens is 1. The molecule has 3 aromatic rings. The standard InChI is InChI=1S/C12H7NS5/c14-10-9-12(18-17-10)16-11(15-9)8-5-6-3-1-2-4-7(6)13-8/h1-5,11,13H/t11-/m1/s1. The average molecular weight is 326 g/mol. The first-order chi connectivity index (χ1) is 8.81. The van der Waals surface area contributed by atoms with Crippen LogP contribution in [0.2, 0.25) is 0 Å². The van der Waals surface area contributed by atoms with Gasteiger partial charge in [-0.2, -0.15) is 0 Å². The highest BCUT2D eigenvalue weighted by Crippen LogP contribution is 2.60. The zero-order valence-corrected chi connectivity index (χ0v) is 13.1. The van der Waals surface area contributed by atoms with E-state index < -0.39 is 0 Å². The Bertz CT molecular complexity index is 748. The lowest BCUT2D eigenvalue weighted by Gasteiger charge is -2.03. The number of hydrogen-bond acceptors (Lipinski definition) is 5. The van der Waals surface area contributed by atoms with Gasteiger partial charge in [-0.3, -0.25) is 0 Å². The molecule has 1 atom stereocenters. The van der Waals surface area contributed by atoms with Crippen LogP contribution in [0.15, 0.2) is 39.4 Å². The van der Waals surface area contributed by atoms with E-state index in [1.165, 1.54) is 25.7 Å². The molecular formula is C12H7NS5. The van der Waals surface area contributed by atoms with E-state index in [2.05, 4.69) is 35.3 Å². The van der Waals surface area contributed by atoms with E-state index in [9.17, 15) is 0 Å². The Balaban J connectivity index is 1.75. The van der Waals surface area contributed by atoms with Crippen LogP contribution in [0.4, 0.5) is 0 Å². The van der Waals surface area contributed by atoms with Crippen molar-refractivity contribution in [2.45, 2.75) is 13.7 Å². The van der Waals surface area contributed by atoms with Crippen molar-refractivity contribution >= 4 is 67.3 Å². The lowest BCUT2D eigenvalue weighted by Crippen LogP contribution is -1.83. The van der Waals surface area contributed by atoms with E-state index in [-0.39, 0.29) is 0 Å². The summed E-state index contributed by atoms with van der Waals surface area (Å²) in [5, 5.41) is 1.28. The summed E-state index contributed by atoms with van der Waals surface area (Å²) >= 11 is 9.17. The molecule has 0 radical (unpaired) electrons. The van der Waals surface area contributed by atoms with Crippen molar-refractivity contribution in [3.63, 3.8) is 0 Å². The zero-order valence-electron chi connectivity index (χ0n) is 9.01. The lowest BCUT2D eigenvalue weighted by atomic mass is 10.2. The number of aromatic nitrogens is 1. The van der Waals surface area contributed by atoms with Crippen LogP contribution < -0.4 is 0 Å². The number of nitrogens with one attached hydrogen (secondary N) is 1. The maximum Gasteiger partial charge on any atom is 0.116 e. The summed E-state index contributed by atoms with van der Waals surface area (Å²) < 4.78 is 2.86. The normalized spacial score (nSPS) is 18.3. The quantitative estimate of drug-likeness (QED) is 0.442. The molecule has 1 aromatic carbocycles. The Labute approximate surface area is 125 Å². The molecular weight excluding hydrogens is 318 g/mol.